The predicted molar refractivity (Wildman–Crippen MR) is 47.5 cm³/mol. The fourth-order valence-corrected chi connectivity index (χ4v) is 1.39. The van der Waals surface area contributed by atoms with Crippen LogP contribution >= 0.6 is 0 Å². The molecule has 0 heterocycles. The second kappa shape index (κ2) is 6.57. The summed E-state index contributed by atoms with van der Waals surface area (Å²) in [6.45, 7) is 6.10. The highest BCUT2D eigenvalue weighted by atomic mass is 32.2. The molecule has 0 radical (unpaired) electrons. The van der Waals surface area contributed by atoms with E-state index in [-0.39, 0.29) is 11.7 Å². The minimum atomic E-state index is -3.32. The normalized spacial score (nSPS) is 13.2. The van der Waals surface area contributed by atoms with Crippen LogP contribution in [0.2, 0.25) is 0 Å². The molecule has 0 aromatic rings. The van der Waals surface area contributed by atoms with Crippen molar-refractivity contribution < 1.29 is 8.42 Å². The van der Waals surface area contributed by atoms with Gasteiger partial charge >= 0.3 is 0 Å². The van der Waals surface area contributed by atoms with E-state index in [4.69, 9.17) is 10.9 Å². The van der Waals surface area contributed by atoms with Gasteiger partial charge < -0.3 is 5.73 Å². The Hall–Kier alpha value is -0.130. The van der Waals surface area contributed by atoms with Gasteiger partial charge in [-0.05, 0) is 12.5 Å². The molecule has 0 saturated carbocycles. The Balaban J connectivity index is 0. The van der Waals surface area contributed by atoms with E-state index >= 15 is 0 Å². The molecule has 0 aromatic heterocycles. The van der Waals surface area contributed by atoms with Crippen molar-refractivity contribution in [1.29, 1.82) is 0 Å². The molecule has 4 nitrogen and oxygen atoms in total. The predicted octanol–water partition coefficient (Wildman–Crippen LogP) is -0.104. The third kappa shape index (κ3) is 13.0. The minimum absolute atomic E-state index is 0.0243. The first-order valence-corrected chi connectivity index (χ1v) is 5.38. The third-order valence-electron chi connectivity index (χ3n) is 0.919. The van der Waals surface area contributed by atoms with Gasteiger partial charge in [0.2, 0.25) is 10.0 Å². The number of hydrogen-bond donors (Lipinski definition) is 2. The van der Waals surface area contributed by atoms with Gasteiger partial charge in [0.25, 0.3) is 0 Å². The molecule has 1 atom stereocenters. The molecule has 0 bridgehead atoms. The van der Waals surface area contributed by atoms with Gasteiger partial charge in [0.1, 0.15) is 0 Å². The average Bonchev–Trinajstić information content (AvgIpc) is 1.89. The molecule has 0 aliphatic carbocycles. The maximum atomic E-state index is 10.3. The Morgan fingerprint density at radius 1 is 1.36 bits per heavy atom. The van der Waals surface area contributed by atoms with E-state index in [1.54, 1.807) is 6.92 Å². The van der Waals surface area contributed by atoms with Crippen LogP contribution < -0.4 is 10.9 Å². The molecule has 0 rings (SSSR count). The van der Waals surface area contributed by atoms with E-state index in [9.17, 15) is 8.42 Å². The van der Waals surface area contributed by atoms with E-state index in [2.05, 4.69) is 0 Å². The summed E-state index contributed by atoms with van der Waals surface area (Å²) >= 11 is 0. The van der Waals surface area contributed by atoms with Gasteiger partial charge in [-0.1, -0.05) is 20.8 Å². The van der Waals surface area contributed by atoms with Crippen LogP contribution in [-0.4, -0.2) is 20.7 Å². The van der Waals surface area contributed by atoms with Gasteiger partial charge in [0.15, 0.2) is 0 Å². The number of sulfonamides is 1. The summed E-state index contributed by atoms with van der Waals surface area (Å²) in [6, 6.07) is 0. The molecule has 5 heteroatoms. The number of rotatable bonds is 3. The quantitative estimate of drug-likeness (QED) is 0.639. The molecular formula is C6H18N2O2S. The Bertz CT molecular complexity index is 165. The van der Waals surface area contributed by atoms with Gasteiger partial charge in [-0.25, -0.2) is 13.6 Å². The first-order chi connectivity index (χ1) is 4.95. The second-order valence-electron chi connectivity index (χ2n) is 2.17. The topological polar surface area (TPSA) is 86.2 Å². The Labute approximate surface area is 69.0 Å². The second-order valence-corrected chi connectivity index (χ2v) is 3.83. The van der Waals surface area contributed by atoms with Crippen LogP contribution in [0.15, 0.2) is 0 Å². The van der Waals surface area contributed by atoms with Crippen LogP contribution in [-0.2, 0) is 10.0 Å². The summed E-state index contributed by atoms with van der Waals surface area (Å²) in [5.74, 6) is -0.0660. The molecule has 0 fully saturated rings. The smallest absolute Gasteiger partial charge is 0.209 e. The van der Waals surface area contributed by atoms with Gasteiger partial charge in [0, 0.05) is 0 Å². The van der Waals surface area contributed by atoms with Crippen LogP contribution in [0.1, 0.15) is 20.8 Å². The van der Waals surface area contributed by atoms with Gasteiger partial charge in [0.05, 0.1) is 5.75 Å². The first-order valence-electron chi connectivity index (χ1n) is 3.66. The fraction of sp³-hybridized carbons (Fsp3) is 1.00. The molecule has 70 valence electrons. The van der Waals surface area contributed by atoms with Crippen LogP contribution in [0.3, 0.4) is 0 Å². The number of primary sulfonamides is 1. The molecule has 1 unspecified atom stereocenters. The van der Waals surface area contributed by atoms with Crippen molar-refractivity contribution in [2.24, 2.45) is 16.8 Å². The van der Waals surface area contributed by atoms with E-state index < -0.39 is 10.0 Å². The average molecular weight is 182 g/mol. The van der Waals surface area contributed by atoms with Gasteiger partial charge in [-0.3, -0.25) is 0 Å². The summed E-state index contributed by atoms with van der Waals surface area (Å²) in [7, 11) is -3.32. The first kappa shape index (κ1) is 13.5. The minimum Gasteiger partial charge on any atom is -0.330 e. The zero-order valence-electron chi connectivity index (χ0n) is 7.37. The van der Waals surface area contributed by atoms with E-state index in [0.29, 0.717) is 6.54 Å². The van der Waals surface area contributed by atoms with Crippen molar-refractivity contribution in [2.45, 2.75) is 20.8 Å². The third-order valence-corrected chi connectivity index (χ3v) is 1.95. The summed E-state index contributed by atoms with van der Waals surface area (Å²) in [4.78, 5) is 0. The lowest BCUT2D eigenvalue weighted by molar-refractivity contribution is 0.575. The van der Waals surface area contributed by atoms with Crippen LogP contribution in [0.4, 0.5) is 0 Å². The molecule has 0 aromatic carbocycles. The monoisotopic (exact) mass is 182 g/mol. The molecule has 0 aliphatic rings. The van der Waals surface area contributed by atoms with Crippen molar-refractivity contribution in [3.05, 3.63) is 0 Å². The van der Waals surface area contributed by atoms with Crippen molar-refractivity contribution in [1.82, 2.24) is 0 Å². The highest BCUT2D eigenvalue weighted by Crippen LogP contribution is 1.93. The van der Waals surface area contributed by atoms with E-state index in [1.165, 1.54) is 0 Å². The zero-order valence-corrected chi connectivity index (χ0v) is 8.19. The van der Waals surface area contributed by atoms with Crippen molar-refractivity contribution in [3.63, 3.8) is 0 Å². The molecule has 4 N–H and O–H groups in total. The molecule has 0 spiro atoms. The maximum absolute atomic E-state index is 10.3. The molecular weight excluding hydrogens is 164 g/mol. The standard InChI is InChI=1S/C4H12N2O2S.C2H6/c1-4(2-5)3-9(6,7)8;1-2/h4H,2-3,5H2,1H3,(H2,6,7,8);1-2H3. The highest BCUT2D eigenvalue weighted by Gasteiger charge is 2.07. The van der Waals surface area contributed by atoms with Crippen LogP contribution in [0, 0.1) is 5.92 Å². The van der Waals surface area contributed by atoms with Gasteiger partial charge in [-0.15, -0.1) is 0 Å². The Kier molecular flexibility index (Phi) is 8.04. The number of nitrogens with two attached hydrogens (primary N) is 2. The fourth-order valence-electron chi connectivity index (χ4n) is 0.465. The zero-order chi connectivity index (χ0) is 9.49. The van der Waals surface area contributed by atoms with Crippen LogP contribution in [0.25, 0.3) is 0 Å². The highest BCUT2D eigenvalue weighted by molar-refractivity contribution is 7.89. The van der Waals surface area contributed by atoms with Crippen molar-refractivity contribution in [2.75, 3.05) is 12.3 Å². The summed E-state index contributed by atoms with van der Waals surface area (Å²) in [6.07, 6.45) is 0. The molecule has 0 saturated heterocycles. The van der Waals surface area contributed by atoms with Crippen molar-refractivity contribution >= 4 is 10.0 Å². The van der Waals surface area contributed by atoms with E-state index in [1.807, 2.05) is 13.8 Å². The number of hydrogen-bond acceptors (Lipinski definition) is 3. The largest absolute Gasteiger partial charge is 0.330 e. The SMILES string of the molecule is CC.CC(CN)CS(N)(=O)=O. The Morgan fingerprint density at radius 3 is 1.82 bits per heavy atom. The lowest BCUT2D eigenvalue weighted by Crippen LogP contribution is -2.25. The summed E-state index contributed by atoms with van der Waals surface area (Å²) < 4.78 is 20.6. The lowest BCUT2D eigenvalue weighted by Gasteiger charge is -2.03. The summed E-state index contributed by atoms with van der Waals surface area (Å²) in [5, 5.41) is 4.73. The Morgan fingerprint density at radius 2 is 1.73 bits per heavy atom. The van der Waals surface area contributed by atoms with Crippen LogP contribution in [0.5, 0.6) is 0 Å². The van der Waals surface area contributed by atoms with E-state index in [0.717, 1.165) is 0 Å². The summed E-state index contributed by atoms with van der Waals surface area (Å²) in [5.41, 5.74) is 5.16. The van der Waals surface area contributed by atoms with Crippen molar-refractivity contribution in [3.8, 4) is 0 Å². The lowest BCUT2D eigenvalue weighted by atomic mass is 10.2. The molecule has 0 aliphatic heterocycles. The maximum Gasteiger partial charge on any atom is 0.209 e. The van der Waals surface area contributed by atoms with Gasteiger partial charge in [-0.2, -0.15) is 0 Å². The molecule has 11 heavy (non-hydrogen) atoms. The molecule has 0 amide bonds.